The summed E-state index contributed by atoms with van der Waals surface area (Å²) in [4.78, 5) is 8.08. The van der Waals surface area contributed by atoms with Crippen LogP contribution in [0.2, 0.25) is 0 Å². The average molecular weight is 307 g/mol. The highest BCUT2D eigenvalue weighted by Crippen LogP contribution is 2.23. The van der Waals surface area contributed by atoms with Gasteiger partial charge in [-0.1, -0.05) is 5.16 Å². The van der Waals surface area contributed by atoms with Crippen LogP contribution in [0.3, 0.4) is 0 Å². The summed E-state index contributed by atoms with van der Waals surface area (Å²) in [5.41, 5.74) is 1.24. The molecule has 0 radical (unpaired) electrons. The Morgan fingerprint density at radius 3 is 2.95 bits per heavy atom. The molecule has 0 spiro atoms. The highest BCUT2D eigenvalue weighted by molar-refractivity contribution is 5.59. The smallest absolute Gasteiger partial charge is 0.272 e. The first-order chi connectivity index (χ1) is 10.6. The summed E-state index contributed by atoms with van der Waals surface area (Å²) in [5, 5.41) is 7.88. The third-order valence-corrected chi connectivity index (χ3v) is 2.73. The third kappa shape index (κ3) is 3.08. The average Bonchev–Trinajstić information content (AvgIpc) is 3.14. The van der Waals surface area contributed by atoms with Gasteiger partial charge in [-0.25, -0.2) is 13.8 Å². The molecular weight excluding hydrogens is 296 g/mol. The Morgan fingerprint density at radius 1 is 1.36 bits per heavy atom. The van der Waals surface area contributed by atoms with Gasteiger partial charge in [-0.2, -0.15) is 10.1 Å². The Labute approximate surface area is 123 Å². The lowest BCUT2D eigenvalue weighted by molar-refractivity contribution is 0.0796. The summed E-state index contributed by atoms with van der Waals surface area (Å²) in [6.45, 7) is -0.721. The molecule has 0 fully saturated rings. The van der Waals surface area contributed by atoms with Crippen LogP contribution in [0.5, 0.6) is 5.88 Å². The van der Waals surface area contributed by atoms with Gasteiger partial charge < -0.3 is 9.26 Å². The van der Waals surface area contributed by atoms with Crippen molar-refractivity contribution >= 4 is 0 Å². The number of pyridine rings is 1. The van der Waals surface area contributed by atoms with Crippen LogP contribution in [-0.2, 0) is 7.05 Å². The molecule has 9 heteroatoms. The number of ether oxygens (including phenoxy) is 1. The second kappa shape index (κ2) is 5.88. The van der Waals surface area contributed by atoms with Crippen LogP contribution < -0.4 is 4.74 Å². The van der Waals surface area contributed by atoms with Crippen molar-refractivity contribution in [2.24, 2.45) is 7.05 Å². The van der Waals surface area contributed by atoms with E-state index in [2.05, 4.69) is 20.2 Å². The van der Waals surface area contributed by atoms with Crippen molar-refractivity contribution in [3.8, 4) is 28.7 Å². The van der Waals surface area contributed by atoms with E-state index in [4.69, 9.17) is 9.26 Å². The number of hydrogen-bond donors (Lipinski definition) is 0. The number of halogens is 2. The van der Waals surface area contributed by atoms with E-state index in [9.17, 15) is 8.78 Å². The number of nitrogens with zero attached hydrogens (tertiary/aromatic N) is 5. The second-order valence-electron chi connectivity index (χ2n) is 4.41. The summed E-state index contributed by atoms with van der Waals surface area (Å²) in [6, 6.07) is 3.08. The second-order valence-corrected chi connectivity index (χ2v) is 4.41. The molecule has 22 heavy (non-hydrogen) atoms. The zero-order valence-corrected chi connectivity index (χ0v) is 11.5. The van der Waals surface area contributed by atoms with Gasteiger partial charge in [0.25, 0.3) is 12.3 Å². The molecule has 114 valence electrons. The van der Waals surface area contributed by atoms with E-state index in [1.807, 2.05) is 0 Å². The van der Waals surface area contributed by atoms with Gasteiger partial charge >= 0.3 is 0 Å². The van der Waals surface area contributed by atoms with E-state index in [0.29, 0.717) is 17.0 Å². The highest BCUT2D eigenvalue weighted by Gasteiger charge is 2.13. The Hall–Kier alpha value is -2.84. The molecule has 3 rings (SSSR count). The van der Waals surface area contributed by atoms with Gasteiger partial charge in [0, 0.05) is 31.1 Å². The van der Waals surface area contributed by atoms with Crippen LogP contribution in [0, 0.1) is 0 Å². The maximum absolute atomic E-state index is 12.1. The maximum atomic E-state index is 12.1. The number of hydrogen-bond acceptors (Lipinski definition) is 6. The van der Waals surface area contributed by atoms with Crippen LogP contribution in [-0.4, -0.2) is 37.9 Å². The van der Waals surface area contributed by atoms with Gasteiger partial charge in [0.05, 0.1) is 11.8 Å². The van der Waals surface area contributed by atoms with E-state index < -0.39 is 13.0 Å². The van der Waals surface area contributed by atoms with Gasteiger partial charge in [-0.3, -0.25) is 4.68 Å². The molecule has 3 aromatic rings. The standard InChI is InChI=1S/C13H11F2N5O2/c1-20-6-9(5-17-20)12-18-13(22-19-12)8-2-3-16-11(4-8)21-7-10(14)15/h2-6,10H,7H2,1H3. The first-order valence-corrected chi connectivity index (χ1v) is 6.32. The first kappa shape index (κ1) is 14.1. The van der Waals surface area contributed by atoms with E-state index in [1.165, 1.54) is 12.3 Å². The van der Waals surface area contributed by atoms with Crippen LogP contribution in [0.25, 0.3) is 22.8 Å². The van der Waals surface area contributed by atoms with Gasteiger partial charge in [-0.15, -0.1) is 0 Å². The predicted molar refractivity (Wildman–Crippen MR) is 71.2 cm³/mol. The topological polar surface area (TPSA) is 78.9 Å². The molecular formula is C13H11F2N5O2. The minimum Gasteiger partial charge on any atom is -0.472 e. The fraction of sp³-hybridized carbons (Fsp3) is 0.231. The minimum absolute atomic E-state index is 0.0685. The van der Waals surface area contributed by atoms with E-state index in [-0.39, 0.29) is 11.8 Å². The summed E-state index contributed by atoms with van der Waals surface area (Å²) < 4.78 is 35.9. The van der Waals surface area contributed by atoms with Crippen molar-refractivity contribution in [2.45, 2.75) is 6.43 Å². The molecule has 0 unspecified atom stereocenters. The van der Waals surface area contributed by atoms with Crippen molar-refractivity contribution < 1.29 is 18.0 Å². The molecule has 0 saturated heterocycles. The lowest BCUT2D eigenvalue weighted by Crippen LogP contribution is -2.07. The Bertz CT molecular complexity index is 771. The fourth-order valence-corrected chi connectivity index (χ4v) is 1.76. The molecule has 0 aromatic carbocycles. The molecule has 0 aliphatic carbocycles. The number of aryl methyl sites for hydroxylation is 1. The molecule has 0 atom stereocenters. The van der Waals surface area contributed by atoms with Gasteiger partial charge in [0.2, 0.25) is 11.7 Å². The molecule has 3 heterocycles. The molecule has 0 saturated carbocycles. The number of rotatable bonds is 5. The van der Waals surface area contributed by atoms with Crippen molar-refractivity contribution in [3.05, 3.63) is 30.7 Å². The Kier molecular flexibility index (Phi) is 3.77. The zero-order valence-electron chi connectivity index (χ0n) is 11.5. The van der Waals surface area contributed by atoms with Crippen molar-refractivity contribution in [1.82, 2.24) is 24.9 Å². The molecule has 0 bridgehead atoms. The highest BCUT2D eigenvalue weighted by atomic mass is 19.3. The molecule has 0 N–H and O–H groups in total. The summed E-state index contributed by atoms with van der Waals surface area (Å²) in [6.07, 6.45) is 2.21. The number of alkyl halides is 2. The monoisotopic (exact) mass is 307 g/mol. The van der Waals surface area contributed by atoms with Crippen molar-refractivity contribution in [2.75, 3.05) is 6.61 Å². The first-order valence-electron chi connectivity index (χ1n) is 6.32. The predicted octanol–water partition coefficient (Wildman–Crippen LogP) is 2.18. The molecule has 0 amide bonds. The van der Waals surface area contributed by atoms with Crippen LogP contribution in [0.4, 0.5) is 8.78 Å². The maximum Gasteiger partial charge on any atom is 0.272 e. The SMILES string of the molecule is Cn1cc(-c2noc(-c3ccnc(OCC(F)F)c3)n2)cn1. The summed E-state index contributed by atoms with van der Waals surface area (Å²) in [7, 11) is 1.78. The minimum atomic E-state index is -2.56. The van der Waals surface area contributed by atoms with E-state index >= 15 is 0 Å². The number of aromatic nitrogens is 5. The molecule has 0 aliphatic heterocycles. The lowest BCUT2D eigenvalue weighted by atomic mass is 10.2. The van der Waals surface area contributed by atoms with Crippen molar-refractivity contribution in [3.63, 3.8) is 0 Å². The zero-order chi connectivity index (χ0) is 15.5. The van der Waals surface area contributed by atoms with E-state index in [1.54, 1.807) is 30.2 Å². The van der Waals surface area contributed by atoms with Gasteiger partial charge in [0.1, 0.15) is 0 Å². The normalized spacial score (nSPS) is 11.1. The van der Waals surface area contributed by atoms with Crippen LogP contribution in [0.1, 0.15) is 0 Å². The third-order valence-electron chi connectivity index (χ3n) is 2.73. The van der Waals surface area contributed by atoms with E-state index in [0.717, 1.165) is 0 Å². The molecule has 7 nitrogen and oxygen atoms in total. The summed E-state index contributed by atoms with van der Waals surface area (Å²) >= 11 is 0. The molecule has 3 aromatic heterocycles. The Balaban J connectivity index is 1.82. The quantitative estimate of drug-likeness (QED) is 0.719. The van der Waals surface area contributed by atoms with Gasteiger partial charge in [-0.05, 0) is 6.07 Å². The van der Waals surface area contributed by atoms with Crippen molar-refractivity contribution in [1.29, 1.82) is 0 Å². The Morgan fingerprint density at radius 2 is 2.23 bits per heavy atom. The largest absolute Gasteiger partial charge is 0.472 e. The fourth-order valence-electron chi connectivity index (χ4n) is 1.76. The lowest BCUT2D eigenvalue weighted by Gasteiger charge is -2.04. The van der Waals surface area contributed by atoms with Gasteiger partial charge in [0.15, 0.2) is 6.61 Å². The summed E-state index contributed by atoms with van der Waals surface area (Å²) in [5.74, 6) is 0.692. The van der Waals surface area contributed by atoms with Crippen LogP contribution >= 0.6 is 0 Å². The van der Waals surface area contributed by atoms with Crippen LogP contribution in [0.15, 0.2) is 35.2 Å². The molecule has 0 aliphatic rings.